The molecule has 0 aliphatic rings. The number of hydrogen-bond acceptors (Lipinski definition) is 2. The smallest absolute Gasteiger partial charge is 0.145 e. The zero-order chi connectivity index (χ0) is 17.3. The molecular weight excluding hydrogens is 422 g/mol. The van der Waals surface area contributed by atoms with Crippen LogP contribution in [0.25, 0.3) is 0 Å². The minimum atomic E-state index is -0.228. The largest absolute Gasteiger partial charge is 0.679 e. The van der Waals surface area contributed by atoms with E-state index in [1.807, 2.05) is 27.7 Å². The molecule has 4 nitrogen and oxygen atoms in total. The van der Waals surface area contributed by atoms with Crippen LogP contribution in [0.5, 0.6) is 0 Å². The van der Waals surface area contributed by atoms with E-state index in [4.69, 9.17) is 17.8 Å². The zero-order valence-corrected chi connectivity index (χ0v) is 20.9. The summed E-state index contributed by atoms with van der Waals surface area (Å²) in [6, 6.07) is 0. The molecule has 0 fully saturated rings. The normalized spacial score (nSPS) is 10.1. The van der Waals surface area contributed by atoms with Gasteiger partial charge in [-0.2, -0.15) is 0 Å². The first-order chi connectivity index (χ1) is 9.67. The molecule has 0 spiro atoms. The molecule has 0 unspecified atom stereocenters. The minimum absolute atomic E-state index is 0. The fourth-order valence-corrected chi connectivity index (χ4v) is 1.53. The van der Waals surface area contributed by atoms with Crippen LogP contribution >= 0.6 is 0 Å². The quantitative estimate of drug-likeness (QED) is 0.316. The van der Waals surface area contributed by atoms with E-state index in [9.17, 15) is 0 Å². The van der Waals surface area contributed by atoms with Gasteiger partial charge in [0.05, 0.1) is 0 Å². The molecule has 0 aromatic heterocycles. The van der Waals surface area contributed by atoms with E-state index in [0.717, 1.165) is 13.2 Å². The second-order valence-corrected chi connectivity index (χ2v) is 7.61. The summed E-state index contributed by atoms with van der Waals surface area (Å²) in [5, 5.41) is 13.3. The van der Waals surface area contributed by atoms with Crippen molar-refractivity contribution < 1.29 is 53.4 Å². The van der Waals surface area contributed by atoms with E-state index < -0.39 is 0 Å². The van der Waals surface area contributed by atoms with E-state index in [0.29, 0.717) is 36.9 Å². The van der Waals surface area contributed by atoms with Gasteiger partial charge in [-0.05, 0) is 25.0 Å². The molecule has 6 heteroatoms. The Labute approximate surface area is 173 Å². The predicted octanol–water partition coefficient (Wildman–Crippen LogP) is 2.60. The topological polar surface area (TPSA) is 64.3 Å². The van der Waals surface area contributed by atoms with Gasteiger partial charge in [0.25, 0.3) is 0 Å². The Morgan fingerprint density at radius 3 is 1.00 bits per heavy atom. The average molecular weight is 462 g/mol. The first-order valence-corrected chi connectivity index (χ1v) is 8.95. The minimum Gasteiger partial charge on any atom is -0.679 e. The van der Waals surface area contributed by atoms with Crippen LogP contribution in [0.2, 0.25) is 0 Å². The van der Waals surface area contributed by atoms with Crippen molar-refractivity contribution in [3.05, 3.63) is 0 Å². The fraction of sp³-hybridized carbons (Fsp3) is 1.00. The third-order valence-electron chi connectivity index (χ3n) is 1.81. The van der Waals surface area contributed by atoms with Crippen molar-refractivity contribution in [3.63, 3.8) is 0 Å². The molecule has 0 heterocycles. The van der Waals surface area contributed by atoms with Crippen LogP contribution in [0.4, 0.5) is 0 Å². The summed E-state index contributed by atoms with van der Waals surface area (Å²) in [6.45, 7) is 19.5. The van der Waals surface area contributed by atoms with Crippen molar-refractivity contribution in [1.82, 2.24) is 0 Å². The van der Waals surface area contributed by atoms with E-state index >= 15 is 0 Å². The summed E-state index contributed by atoms with van der Waals surface area (Å²) in [6.07, 6.45) is 0. The first kappa shape index (κ1) is 31.3. The van der Waals surface area contributed by atoms with Crippen molar-refractivity contribution in [3.8, 4) is 0 Å². The maximum atomic E-state index is 6.66. The van der Waals surface area contributed by atoms with E-state index in [-0.39, 0.29) is 51.5 Å². The summed E-state index contributed by atoms with van der Waals surface area (Å²) in [5.41, 5.74) is 0. The van der Waals surface area contributed by atoms with Crippen LogP contribution in [0.1, 0.15) is 55.4 Å². The molecular formula is C16H40AlLaO4+. The molecule has 0 aliphatic carbocycles. The summed E-state index contributed by atoms with van der Waals surface area (Å²) >= 11 is -0.228. The molecule has 0 amide bonds. The SMILES string of the molecule is CC(C)C[OH2+].CC(C)C[OH2+].CC(C)C[O][Al-][O]CC(C)C.[La]. The van der Waals surface area contributed by atoms with Gasteiger partial charge in [-0.25, -0.2) is 0 Å². The molecule has 0 saturated heterocycles. The van der Waals surface area contributed by atoms with Crippen molar-refractivity contribution in [1.29, 1.82) is 0 Å². The molecule has 0 bridgehead atoms. The Morgan fingerprint density at radius 1 is 0.636 bits per heavy atom. The maximum Gasteiger partial charge on any atom is 0.145 e. The van der Waals surface area contributed by atoms with Gasteiger partial charge in [-0.3, -0.25) is 0 Å². The Bertz CT molecular complexity index is 162. The van der Waals surface area contributed by atoms with Crippen LogP contribution in [0, 0.1) is 59.3 Å². The zero-order valence-electron chi connectivity index (χ0n) is 16.1. The molecule has 133 valence electrons. The first-order valence-electron chi connectivity index (χ1n) is 8.01. The molecule has 0 aliphatic heterocycles. The molecule has 0 atom stereocenters. The third-order valence-corrected chi connectivity index (χ3v) is 2.47. The second kappa shape index (κ2) is 24.8. The van der Waals surface area contributed by atoms with Gasteiger partial charge in [0.2, 0.25) is 0 Å². The van der Waals surface area contributed by atoms with Gasteiger partial charge in [0, 0.05) is 47.4 Å². The monoisotopic (exact) mass is 462 g/mol. The van der Waals surface area contributed by atoms with E-state index in [1.165, 1.54) is 0 Å². The third kappa shape index (κ3) is 49.6. The predicted molar refractivity (Wildman–Crippen MR) is 94.0 cm³/mol. The molecule has 0 saturated carbocycles. The van der Waals surface area contributed by atoms with Gasteiger partial charge in [-0.15, -0.1) is 0 Å². The Morgan fingerprint density at radius 2 is 0.864 bits per heavy atom. The van der Waals surface area contributed by atoms with Gasteiger partial charge in [-0.1, -0.05) is 55.4 Å². The van der Waals surface area contributed by atoms with Crippen molar-refractivity contribution in [2.75, 3.05) is 26.4 Å². The van der Waals surface area contributed by atoms with Crippen molar-refractivity contribution >= 4 is 15.9 Å². The second-order valence-electron chi connectivity index (χ2n) is 6.75. The molecule has 3 radical (unpaired) electrons. The Kier molecular flexibility index (Phi) is 35.4. The summed E-state index contributed by atoms with van der Waals surface area (Å²) in [4.78, 5) is 0. The molecule has 22 heavy (non-hydrogen) atoms. The van der Waals surface area contributed by atoms with Crippen LogP contribution in [0.3, 0.4) is 0 Å². The van der Waals surface area contributed by atoms with Gasteiger partial charge < -0.3 is 17.8 Å². The fourth-order valence-electron chi connectivity index (χ4n) is 0.512. The molecule has 0 aromatic carbocycles. The van der Waals surface area contributed by atoms with Gasteiger partial charge in [0.1, 0.15) is 29.1 Å². The molecule has 4 N–H and O–H groups in total. The van der Waals surface area contributed by atoms with Crippen LogP contribution in [-0.4, -0.2) is 52.5 Å². The number of rotatable bonds is 8. The van der Waals surface area contributed by atoms with Gasteiger partial charge in [0.15, 0.2) is 0 Å². The standard InChI is InChI=1S/2C4H10O.2C4H9O.Al.La/c4*1-4(2)3-5;;/h2*4-5H,3H2,1-2H3;2*4H,3H2,1-2H3;;/q;;2*-1;+1;/p+2. The molecule has 0 rings (SSSR count). The summed E-state index contributed by atoms with van der Waals surface area (Å²) in [7, 11) is 0. The van der Waals surface area contributed by atoms with E-state index in [2.05, 4.69) is 27.7 Å². The van der Waals surface area contributed by atoms with E-state index in [1.54, 1.807) is 0 Å². The van der Waals surface area contributed by atoms with Crippen molar-refractivity contribution in [2.24, 2.45) is 23.7 Å². The van der Waals surface area contributed by atoms with Crippen LogP contribution in [0.15, 0.2) is 0 Å². The van der Waals surface area contributed by atoms with Crippen molar-refractivity contribution in [2.45, 2.75) is 55.4 Å². The van der Waals surface area contributed by atoms with Gasteiger partial charge >= 0.3 is 0 Å². The summed E-state index contributed by atoms with van der Waals surface area (Å²) in [5.74, 6) is 2.33. The Balaban J connectivity index is -0.000000124. The van der Waals surface area contributed by atoms with Crippen LogP contribution < -0.4 is 0 Å². The molecule has 0 aromatic rings. The summed E-state index contributed by atoms with van der Waals surface area (Å²) < 4.78 is 10.6. The number of hydrogen-bond donors (Lipinski definition) is 0. The maximum absolute atomic E-state index is 6.66. The van der Waals surface area contributed by atoms with Crippen LogP contribution in [-0.2, 0) is 7.58 Å². The average Bonchev–Trinajstić information content (AvgIpc) is 2.38. The Hall–Kier alpha value is 1.57.